The summed E-state index contributed by atoms with van der Waals surface area (Å²) < 4.78 is 23.3. The number of hydrogen-bond acceptors (Lipinski definition) is 6. The highest BCUT2D eigenvalue weighted by atomic mass is 16.5. The summed E-state index contributed by atoms with van der Waals surface area (Å²) in [6.45, 7) is 7.46. The van der Waals surface area contributed by atoms with Crippen LogP contribution in [0.15, 0.2) is 72.8 Å². The number of ether oxygens (including phenoxy) is 4. The third-order valence-electron chi connectivity index (χ3n) is 7.31. The van der Waals surface area contributed by atoms with Gasteiger partial charge < -0.3 is 24.1 Å². The monoisotopic (exact) mass is 602 g/mol. The van der Waals surface area contributed by atoms with E-state index in [2.05, 4.69) is 6.92 Å². The van der Waals surface area contributed by atoms with Gasteiger partial charge in [0.25, 0.3) is 0 Å². The molecule has 0 radical (unpaired) electrons. The zero-order valence-electron chi connectivity index (χ0n) is 26.8. The van der Waals surface area contributed by atoms with Crippen molar-refractivity contribution in [3.8, 4) is 23.0 Å². The molecule has 3 aromatic rings. The van der Waals surface area contributed by atoms with Gasteiger partial charge in [-0.1, -0.05) is 101 Å². The average Bonchev–Trinajstić information content (AvgIpc) is 3.03. The van der Waals surface area contributed by atoms with Gasteiger partial charge in [0.05, 0.1) is 13.2 Å². The van der Waals surface area contributed by atoms with Crippen LogP contribution in [0, 0.1) is 0 Å². The van der Waals surface area contributed by atoms with Gasteiger partial charge in [0.1, 0.15) is 35.7 Å². The second-order valence-corrected chi connectivity index (χ2v) is 10.9. The Morgan fingerprint density at radius 2 is 1.34 bits per heavy atom. The molecule has 6 nitrogen and oxygen atoms in total. The number of esters is 1. The number of unbranched alkanes of at least 4 members (excludes halogenated alkanes) is 8. The van der Waals surface area contributed by atoms with Crippen molar-refractivity contribution in [2.24, 2.45) is 0 Å². The van der Waals surface area contributed by atoms with Gasteiger partial charge in [0.2, 0.25) is 0 Å². The van der Waals surface area contributed by atoms with Crippen molar-refractivity contribution in [2.45, 2.75) is 97.7 Å². The Morgan fingerprint density at radius 3 is 2.00 bits per heavy atom. The Labute approximate surface area is 264 Å². The van der Waals surface area contributed by atoms with Gasteiger partial charge in [-0.3, -0.25) is 4.79 Å². The first-order valence-electron chi connectivity index (χ1n) is 16.3. The maximum atomic E-state index is 12.8. The van der Waals surface area contributed by atoms with E-state index in [0.717, 1.165) is 24.8 Å². The normalized spacial score (nSPS) is 11.8. The lowest BCUT2D eigenvalue weighted by atomic mass is 10.1. The van der Waals surface area contributed by atoms with Crippen LogP contribution in [0.1, 0.15) is 108 Å². The van der Waals surface area contributed by atoms with Gasteiger partial charge in [0.15, 0.2) is 0 Å². The Hall–Kier alpha value is -3.77. The Kier molecular flexibility index (Phi) is 16.0. The van der Waals surface area contributed by atoms with Crippen LogP contribution in [-0.2, 0) is 11.4 Å². The summed E-state index contributed by atoms with van der Waals surface area (Å²) in [5, 5.41) is 11.2. The molecule has 44 heavy (non-hydrogen) atoms. The molecule has 0 fully saturated rings. The third kappa shape index (κ3) is 12.5. The average molecular weight is 603 g/mol. The summed E-state index contributed by atoms with van der Waals surface area (Å²) in [5.41, 5.74) is 2.30. The van der Waals surface area contributed by atoms with E-state index in [1.807, 2.05) is 68.4 Å². The first-order chi connectivity index (χ1) is 21.5. The lowest BCUT2D eigenvalue weighted by Crippen LogP contribution is -2.09. The van der Waals surface area contributed by atoms with Crippen LogP contribution in [0.4, 0.5) is 0 Å². The molecular formula is C38H50O6. The largest absolute Gasteiger partial charge is 0.494 e. The fourth-order valence-corrected chi connectivity index (χ4v) is 4.93. The van der Waals surface area contributed by atoms with Gasteiger partial charge in [-0.15, -0.1) is 0 Å². The van der Waals surface area contributed by atoms with Crippen molar-refractivity contribution in [3.05, 3.63) is 89.5 Å². The molecule has 0 aliphatic rings. The quantitative estimate of drug-likeness (QED) is 0.0743. The zero-order valence-corrected chi connectivity index (χ0v) is 26.8. The molecule has 1 N–H and O–H groups in total. The maximum absolute atomic E-state index is 12.8. The fraction of sp³-hybridized carbons (Fsp3) is 0.447. The highest BCUT2D eigenvalue weighted by Gasteiger charge is 2.15. The van der Waals surface area contributed by atoms with E-state index in [0.29, 0.717) is 60.4 Å². The van der Waals surface area contributed by atoms with Gasteiger partial charge in [-0.25, -0.2) is 0 Å². The fourth-order valence-electron chi connectivity index (χ4n) is 4.93. The van der Waals surface area contributed by atoms with Crippen LogP contribution in [-0.4, -0.2) is 24.3 Å². The van der Waals surface area contributed by atoms with Crippen molar-refractivity contribution in [3.63, 3.8) is 0 Å². The minimum absolute atomic E-state index is 0.264. The molecule has 238 valence electrons. The molecule has 3 aromatic carbocycles. The van der Waals surface area contributed by atoms with Crippen molar-refractivity contribution in [1.82, 2.24) is 0 Å². The molecule has 0 aromatic heterocycles. The van der Waals surface area contributed by atoms with Crippen LogP contribution >= 0.6 is 0 Å². The van der Waals surface area contributed by atoms with Gasteiger partial charge in [0, 0.05) is 29.7 Å². The standard InChI is InChI=1S/C38H50O6/c1-4-7-8-9-10-11-12-13-17-20-38(40)44-36-27-32(41-5-2)23-21-31(36)22-26-35(39)34-25-24-33(42-6-3)28-37(34)43-29-30-18-15-14-16-19-30/h14-16,18-19,21-28,35,39H,4-13,17,20,29H2,1-3H3. The summed E-state index contributed by atoms with van der Waals surface area (Å²) in [6.07, 6.45) is 13.5. The molecule has 0 amide bonds. The summed E-state index contributed by atoms with van der Waals surface area (Å²) in [6, 6.07) is 20.7. The number of aliphatic hydroxyl groups is 1. The summed E-state index contributed by atoms with van der Waals surface area (Å²) in [4.78, 5) is 12.8. The summed E-state index contributed by atoms with van der Waals surface area (Å²) in [7, 11) is 0. The lowest BCUT2D eigenvalue weighted by Gasteiger charge is -2.16. The first-order valence-corrected chi connectivity index (χ1v) is 16.3. The Morgan fingerprint density at radius 1 is 0.727 bits per heavy atom. The van der Waals surface area contributed by atoms with Crippen LogP contribution in [0.3, 0.4) is 0 Å². The summed E-state index contributed by atoms with van der Waals surface area (Å²) in [5.74, 6) is 1.98. The molecule has 0 saturated heterocycles. The van der Waals surface area contributed by atoms with E-state index < -0.39 is 6.10 Å². The highest BCUT2D eigenvalue weighted by molar-refractivity contribution is 5.74. The molecule has 0 aliphatic carbocycles. The minimum Gasteiger partial charge on any atom is -0.494 e. The van der Waals surface area contributed by atoms with Crippen LogP contribution < -0.4 is 18.9 Å². The molecule has 6 heteroatoms. The van der Waals surface area contributed by atoms with Crippen molar-refractivity contribution < 1.29 is 28.8 Å². The van der Waals surface area contributed by atoms with E-state index in [9.17, 15) is 9.90 Å². The second kappa shape index (κ2) is 20.2. The predicted octanol–water partition coefficient (Wildman–Crippen LogP) is 9.64. The molecule has 0 heterocycles. The lowest BCUT2D eigenvalue weighted by molar-refractivity contribution is -0.134. The number of benzene rings is 3. The van der Waals surface area contributed by atoms with Crippen molar-refractivity contribution in [1.29, 1.82) is 0 Å². The molecule has 0 spiro atoms. The minimum atomic E-state index is -0.964. The van der Waals surface area contributed by atoms with E-state index in [1.54, 1.807) is 24.3 Å². The first kappa shape index (κ1) is 34.7. The summed E-state index contributed by atoms with van der Waals surface area (Å²) >= 11 is 0. The van der Waals surface area contributed by atoms with Gasteiger partial charge >= 0.3 is 5.97 Å². The Bertz CT molecular complexity index is 1270. The van der Waals surface area contributed by atoms with E-state index in [4.69, 9.17) is 18.9 Å². The number of carbonyl (C=O) groups is 1. The molecule has 1 atom stereocenters. The van der Waals surface area contributed by atoms with Crippen LogP contribution in [0.2, 0.25) is 0 Å². The van der Waals surface area contributed by atoms with Gasteiger partial charge in [-0.05, 0) is 50.1 Å². The molecule has 1 unspecified atom stereocenters. The molecule has 0 aliphatic heterocycles. The van der Waals surface area contributed by atoms with Crippen molar-refractivity contribution in [2.75, 3.05) is 13.2 Å². The van der Waals surface area contributed by atoms with Crippen LogP contribution in [0.25, 0.3) is 6.08 Å². The maximum Gasteiger partial charge on any atom is 0.311 e. The predicted molar refractivity (Wildman–Crippen MR) is 177 cm³/mol. The zero-order chi connectivity index (χ0) is 31.4. The second-order valence-electron chi connectivity index (χ2n) is 10.9. The van der Waals surface area contributed by atoms with Crippen molar-refractivity contribution >= 4 is 12.0 Å². The number of aliphatic hydroxyl groups excluding tert-OH is 1. The SMILES string of the molecule is CCCCCCCCCCCC(=O)Oc1cc(OCC)ccc1C=CC(O)c1ccc(OCC)cc1OCc1ccccc1. The van der Waals surface area contributed by atoms with E-state index >= 15 is 0 Å². The number of hydrogen-bond donors (Lipinski definition) is 1. The highest BCUT2D eigenvalue weighted by Crippen LogP contribution is 2.33. The molecule has 0 bridgehead atoms. The molecule has 3 rings (SSSR count). The molecular weight excluding hydrogens is 552 g/mol. The smallest absolute Gasteiger partial charge is 0.311 e. The third-order valence-corrected chi connectivity index (χ3v) is 7.31. The topological polar surface area (TPSA) is 74.2 Å². The number of rotatable bonds is 21. The van der Waals surface area contributed by atoms with E-state index in [1.165, 1.54) is 38.5 Å². The number of carbonyl (C=O) groups excluding carboxylic acids is 1. The van der Waals surface area contributed by atoms with E-state index in [-0.39, 0.29) is 5.97 Å². The van der Waals surface area contributed by atoms with Gasteiger partial charge in [-0.2, -0.15) is 0 Å². The molecule has 0 saturated carbocycles. The van der Waals surface area contributed by atoms with Crippen LogP contribution in [0.5, 0.6) is 23.0 Å². The Balaban J connectivity index is 1.66.